The van der Waals surface area contributed by atoms with Crippen molar-refractivity contribution in [1.82, 2.24) is 9.88 Å². The maximum atomic E-state index is 12.6. The summed E-state index contributed by atoms with van der Waals surface area (Å²) in [5.41, 5.74) is 5.11. The molecule has 7 heteroatoms. The van der Waals surface area contributed by atoms with Crippen molar-refractivity contribution in [2.45, 2.75) is 52.0 Å². The molecule has 1 amide bonds. The Morgan fingerprint density at radius 1 is 1.19 bits per heavy atom. The van der Waals surface area contributed by atoms with Crippen LogP contribution in [0.2, 0.25) is 0 Å². The molecule has 2 aromatic rings. The number of rotatable bonds is 6. The number of benzene rings is 1. The fraction of sp³-hybridized carbons (Fsp3) is 0.500. The number of carbonyl (C=O) groups is 1. The highest BCUT2D eigenvalue weighted by atomic mass is 16.5. The number of pyridine rings is 1. The lowest BCUT2D eigenvalue weighted by molar-refractivity contribution is 0.0745. The topological polar surface area (TPSA) is 75.1 Å². The number of aliphatic hydroxyl groups excluding tert-OH is 1. The molecule has 5 rings (SSSR count). The largest absolute Gasteiger partial charge is 0.490 e. The van der Waals surface area contributed by atoms with Gasteiger partial charge in [0.15, 0.2) is 0 Å². The predicted molar refractivity (Wildman–Crippen MR) is 116 cm³/mol. The Bertz CT molecular complexity index is 985. The smallest absolute Gasteiger partial charge is 0.256 e. The fourth-order valence-electron chi connectivity index (χ4n) is 4.75. The van der Waals surface area contributed by atoms with E-state index in [1.807, 2.05) is 12.1 Å². The minimum Gasteiger partial charge on any atom is -0.490 e. The zero-order chi connectivity index (χ0) is 21.4. The Hall–Kier alpha value is -2.64. The Morgan fingerprint density at radius 2 is 2.00 bits per heavy atom. The first kappa shape index (κ1) is 20.3. The highest BCUT2D eigenvalue weighted by Gasteiger charge is 2.31. The first-order valence-corrected chi connectivity index (χ1v) is 11.2. The van der Waals surface area contributed by atoms with Crippen molar-refractivity contribution >= 4 is 11.7 Å². The van der Waals surface area contributed by atoms with Crippen LogP contribution in [0.25, 0.3) is 0 Å². The zero-order valence-corrected chi connectivity index (χ0v) is 18.0. The molecule has 1 saturated heterocycles. The molecule has 1 N–H and O–H groups in total. The van der Waals surface area contributed by atoms with E-state index < -0.39 is 0 Å². The first-order valence-electron chi connectivity index (χ1n) is 11.2. The molecule has 0 spiro atoms. The van der Waals surface area contributed by atoms with Gasteiger partial charge >= 0.3 is 0 Å². The Morgan fingerprint density at radius 3 is 2.77 bits per heavy atom. The number of hydrogen-bond donors (Lipinski definition) is 1. The van der Waals surface area contributed by atoms with E-state index in [9.17, 15) is 9.90 Å². The van der Waals surface area contributed by atoms with E-state index in [0.29, 0.717) is 31.9 Å². The average molecular weight is 424 g/mol. The van der Waals surface area contributed by atoms with E-state index in [1.165, 1.54) is 11.1 Å². The van der Waals surface area contributed by atoms with Crippen LogP contribution in [0.4, 0.5) is 5.82 Å². The minimum absolute atomic E-state index is 0.0235. The standard InChI is InChI=1S/C24H29N3O4/c1-2-16-12-21-22(13-27(9-10-28)24(21)29)25-23(16)26-7-5-19(6-8-26)31-20-4-3-17-14-30-15-18(17)11-20/h3-4,11-12,19,28H,2,5-10,13-15H2,1H3. The number of amides is 1. The summed E-state index contributed by atoms with van der Waals surface area (Å²) >= 11 is 0. The molecule has 3 aliphatic rings. The highest BCUT2D eigenvalue weighted by Crippen LogP contribution is 2.31. The van der Waals surface area contributed by atoms with Gasteiger partial charge in [0.25, 0.3) is 5.91 Å². The summed E-state index contributed by atoms with van der Waals surface area (Å²) in [5.74, 6) is 1.90. The van der Waals surface area contributed by atoms with Gasteiger partial charge in [-0.15, -0.1) is 0 Å². The number of anilines is 1. The van der Waals surface area contributed by atoms with Crippen molar-refractivity contribution in [3.05, 3.63) is 52.2 Å². The second-order valence-electron chi connectivity index (χ2n) is 8.50. The molecule has 3 aliphatic heterocycles. The second-order valence-corrected chi connectivity index (χ2v) is 8.50. The van der Waals surface area contributed by atoms with Gasteiger partial charge in [-0.3, -0.25) is 4.79 Å². The van der Waals surface area contributed by atoms with E-state index in [0.717, 1.165) is 55.2 Å². The van der Waals surface area contributed by atoms with Gasteiger partial charge < -0.3 is 24.4 Å². The van der Waals surface area contributed by atoms with Crippen LogP contribution in [0.3, 0.4) is 0 Å². The van der Waals surface area contributed by atoms with Crippen LogP contribution in [-0.2, 0) is 30.9 Å². The molecule has 7 nitrogen and oxygen atoms in total. The number of hydrogen-bond acceptors (Lipinski definition) is 6. The van der Waals surface area contributed by atoms with Gasteiger partial charge in [0, 0.05) is 32.5 Å². The molecule has 164 valence electrons. The molecule has 0 bridgehead atoms. The monoisotopic (exact) mass is 423 g/mol. The van der Waals surface area contributed by atoms with Crippen LogP contribution in [0.1, 0.15) is 52.5 Å². The molecule has 31 heavy (non-hydrogen) atoms. The third kappa shape index (κ3) is 3.88. The molecule has 1 aromatic heterocycles. The van der Waals surface area contributed by atoms with Crippen molar-refractivity contribution in [3.8, 4) is 5.75 Å². The molecular formula is C24H29N3O4. The van der Waals surface area contributed by atoms with Gasteiger partial charge in [0.05, 0.1) is 37.6 Å². The Balaban J connectivity index is 1.26. The summed E-state index contributed by atoms with van der Waals surface area (Å²) in [6.45, 7) is 6.04. The molecular weight excluding hydrogens is 394 g/mol. The molecule has 0 unspecified atom stereocenters. The van der Waals surface area contributed by atoms with E-state index in [4.69, 9.17) is 14.5 Å². The van der Waals surface area contributed by atoms with E-state index in [-0.39, 0.29) is 18.6 Å². The Kier molecular flexibility index (Phi) is 5.54. The number of nitrogens with zero attached hydrogens (tertiary/aromatic N) is 3. The van der Waals surface area contributed by atoms with Crippen molar-refractivity contribution < 1.29 is 19.4 Å². The second kappa shape index (κ2) is 8.48. The third-order valence-corrected chi connectivity index (χ3v) is 6.50. The third-order valence-electron chi connectivity index (χ3n) is 6.50. The van der Waals surface area contributed by atoms with Crippen LogP contribution >= 0.6 is 0 Å². The summed E-state index contributed by atoms with van der Waals surface area (Å²) in [4.78, 5) is 21.5. The number of ether oxygens (including phenoxy) is 2. The van der Waals surface area contributed by atoms with Crippen molar-refractivity contribution in [1.29, 1.82) is 0 Å². The molecule has 4 heterocycles. The molecule has 1 fully saturated rings. The predicted octanol–water partition coefficient (Wildman–Crippen LogP) is 2.67. The fourth-order valence-corrected chi connectivity index (χ4v) is 4.75. The average Bonchev–Trinajstić information content (AvgIpc) is 3.38. The summed E-state index contributed by atoms with van der Waals surface area (Å²) in [6.07, 6.45) is 2.89. The van der Waals surface area contributed by atoms with Gasteiger partial charge in [-0.2, -0.15) is 0 Å². The lowest BCUT2D eigenvalue weighted by atomic mass is 10.0. The van der Waals surface area contributed by atoms with Crippen LogP contribution in [-0.4, -0.2) is 53.2 Å². The molecule has 0 aliphatic carbocycles. The molecule has 0 saturated carbocycles. The maximum absolute atomic E-state index is 12.6. The van der Waals surface area contributed by atoms with Gasteiger partial charge in [-0.25, -0.2) is 4.98 Å². The van der Waals surface area contributed by atoms with Gasteiger partial charge in [-0.05, 0) is 41.3 Å². The summed E-state index contributed by atoms with van der Waals surface area (Å²) in [7, 11) is 0. The van der Waals surface area contributed by atoms with Crippen LogP contribution in [0.5, 0.6) is 5.75 Å². The maximum Gasteiger partial charge on any atom is 0.256 e. The lowest BCUT2D eigenvalue weighted by Crippen LogP contribution is -2.39. The zero-order valence-electron chi connectivity index (χ0n) is 18.0. The summed E-state index contributed by atoms with van der Waals surface area (Å²) in [5, 5.41) is 9.22. The number of fused-ring (bicyclic) bond motifs is 2. The lowest BCUT2D eigenvalue weighted by Gasteiger charge is -2.34. The van der Waals surface area contributed by atoms with E-state index in [1.54, 1.807) is 4.90 Å². The summed E-state index contributed by atoms with van der Waals surface area (Å²) < 4.78 is 11.8. The molecule has 1 aromatic carbocycles. The van der Waals surface area contributed by atoms with Gasteiger partial charge in [0.2, 0.25) is 0 Å². The van der Waals surface area contributed by atoms with Crippen molar-refractivity contribution in [2.75, 3.05) is 31.1 Å². The molecule has 0 radical (unpaired) electrons. The van der Waals surface area contributed by atoms with Gasteiger partial charge in [-0.1, -0.05) is 13.0 Å². The van der Waals surface area contributed by atoms with E-state index >= 15 is 0 Å². The van der Waals surface area contributed by atoms with Crippen molar-refractivity contribution in [2.24, 2.45) is 0 Å². The number of aromatic nitrogens is 1. The van der Waals surface area contributed by atoms with Crippen molar-refractivity contribution in [3.63, 3.8) is 0 Å². The van der Waals surface area contributed by atoms with Crippen LogP contribution < -0.4 is 9.64 Å². The quantitative estimate of drug-likeness (QED) is 0.770. The number of β-amino-alcohol motifs (C(OH)–C–C–N with tert-alkyl or cyclic N) is 1. The SMILES string of the molecule is CCc1cc2c(nc1N1CCC(Oc3ccc4c(c3)COC4)CC1)CN(CCO)C2=O. The highest BCUT2D eigenvalue weighted by molar-refractivity contribution is 5.98. The molecule has 0 atom stereocenters. The number of carbonyl (C=O) groups excluding carboxylic acids is 1. The minimum atomic E-state index is -0.0298. The Labute approximate surface area is 182 Å². The normalized spacial score (nSPS) is 18.5. The van der Waals surface area contributed by atoms with Crippen LogP contribution in [0.15, 0.2) is 24.3 Å². The number of aliphatic hydroxyl groups is 1. The van der Waals surface area contributed by atoms with Gasteiger partial charge in [0.1, 0.15) is 17.7 Å². The van der Waals surface area contributed by atoms with Crippen LogP contribution in [0, 0.1) is 0 Å². The summed E-state index contributed by atoms with van der Waals surface area (Å²) in [6, 6.07) is 8.27. The van der Waals surface area contributed by atoms with E-state index in [2.05, 4.69) is 24.0 Å². The first-order chi connectivity index (χ1) is 15.2. The number of piperidine rings is 1. The number of aryl methyl sites for hydroxylation is 1.